The van der Waals surface area contributed by atoms with E-state index >= 15 is 0 Å². The first-order valence-electron chi connectivity index (χ1n) is 19.4. The van der Waals surface area contributed by atoms with Crippen molar-refractivity contribution in [3.8, 4) is 0 Å². The third-order valence-electron chi connectivity index (χ3n) is 9.06. The zero-order valence-corrected chi connectivity index (χ0v) is 29.7. The Bertz CT molecular complexity index is 553. The van der Waals surface area contributed by atoms with E-state index < -0.39 is 7.82 Å². The Morgan fingerprint density at radius 2 is 0.465 bits per heavy atom. The minimum atomic E-state index is -4.27. The number of hydrogen-bond donors (Lipinski definition) is 3. The van der Waals surface area contributed by atoms with Crippen LogP contribution in [0.5, 0.6) is 0 Å². The van der Waals surface area contributed by atoms with Crippen LogP contribution >= 0.6 is 7.82 Å². The summed E-state index contributed by atoms with van der Waals surface area (Å²) in [6.45, 7) is 0.533. The molecule has 5 nitrogen and oxygen atoms in total. The Morgan fingerprint density at radius 3 is 0.628 bits per heavy atom. The SMILES string of the molecule is O=P(O)(O)OCCCCCCCCCCCCCCCCCCCCCCCCCCCCCCCCCCCCCO. The second-order valence-corrected chi connectivity index (χ2v) is 14.7. The lowest BCUT2D eigenvalue weighted by molar-refractivity contribution is 0.193. The third kappa shape index (κ3) is 42.1. The lowest BCUT2D eigenvalue weighted by atomic mass is 10.0. The van der Waals surface area contributed by atoms with E-state index in [2.05, 4.69) is 4.52 Å². The maximum atomic E-state index is 10.6. The molecule has 0 spiro atoms. The number of phosphoric acid groups is 1. The van der Waals surface area contributed by atoms with Crippen molar-refractivity contribution < 1.29 is 24.0 Å². The van der Waals surface area contributed by atoms with Crippen molar-refractivity contribution in [3.05, 3.63) is 0 Å². The highest BCUT2D eigenvalue weighted by Crippen LogP contribution is 2.35. The standard InChI is InChI=1S/C37H77O5P/c38-36-34-32-30-28-26-24-22-20-18-16-14-12-10-8-6-4-2-1-3-5-7-9-11-13-15-17-19-21-23-25-27-29-31-33-35-37-42-43(39,40)41/h38H,1-37H2,(H2,39,40,41). The molecule has 0 aromatic rings. The number of aliphatic hydroxyl groups is 1. The maximum absolute atomic E-state index is 10.6. The van der Waals surface area contributed by atoms with Crippen molar-refractivity contribution in [3.63, 3.8) is 0 Å². The molecule has 0 bridgehead atoms. The molecule has 0 fully saturated rings. The van der Waals surface area contributed by atoms with Crippen LogP contribution in [0.2, 0.25) is 0 Å². The van der Waals surface area contributed by atoms with Crippen molar-refractivity contribution in [2.24, 2.45) is 0 Å². The first-order valence-corrected chi connectivity index (χ1v) is 20.9. The monoisotopic (exact) mass is 633 g/mol. The number of hydrogen-bond acceptors (Lipinski definition) is 3. The molecule has 0 amide bonds. The van der Waals surface area contributed by atoms with Gasteiger partial charge in [0.05, 0.1) is 6.61 Å². The molecule has 0 unspecified atom stereocenters. The van der Waals surface area contributed by atoms with Gasteiger partial charge in [0.1, 0.15) is 0 Å². The van der Waals surface area contributed by atoms with Gasteiger partial charge in [-0.05, 0) is 12.8 Å². The topological polar surface area (TPSA) is 87.0 Å². The molecule has 0 aromatic carbocycles. The molecule has 260 valence electrons. The maximum Gasteiger partial charge on any atom is 0.469 e. The molecule has 0 aromatic heterocycles. The van der Waals surface area contributed by atoms with Crippen molar-refractivity contribution >= 4 is 7.82 Å². The van der Waals surface area contributed by atoms with Gasteiger partial charge in [0.2, 0.25) is 0 Å². The molecule has 0 saturated carbocycles. The van der Waals surface area contributed by atoms with Crippen LogP contribution in [0.25, 0.3) is 0 Å². The number of rotatable bonds is 38. The summed E-state index contributed by atoms with van der Waals surface area (Å²) < 4.78 is 15.1. The molecule has 0 rings (SSSR count). The van der Waals surface area contributed by atoms with Crippen LogP contribution in [0, 0.1) is 0 Å². The molecule has 43 heavy (non-hydrogen) atoms. The van der Waals surface area contributed by atoms with Gasteiger partial charge in [-0.1, -0.05) is 212 Å². The molecule has 6 heteroatoms. The molecule has 0 atom stereocenters. The van der Waals surface area contributed by atoms with Gasteiger partial charge in [0.15, 0.2) is 0 Å². The Hall–Kier alpha value is 0.0700. The van der Waals surface area contributed by atoms with Crippen LogP contribution in [-0.2, 0) is 9.09 Å². The average molecular weight is 633 g/mol. The summed E-state index contributed by atoms with van der Waals surface area (Å²) in [6.07, 6.45) is 47.4. The van der Waals surface area contributed by atoms with Crippen LogP contribution in [0.4, 0.5) is 0 Å². The fourth-order valence-corrected chi connectivity index (χ4v) is 6.60. The lowest BCUT2D eigenvalue weighted by Gasteiger charge is -2.05. The summed E-state index contributed by atoms with van der Waals surface area (Å²) in [7, 11) is -4.27. The zero-order chi connectivity index (χ0) is 31.4. The Balaban J connectivity index is 3.05. The number of aliphatic hydroxyl groups excluding tert-OH is 1. The number of unbranched alkanes of at least 4 members (excludes halogenated alkanes) is 34. The van der Waals surface area contributed by atoms with Crippen LogP contribution in [-0.4, -0.2) is 28.1 Å². The van der Waals surface area contributed by atoms with Gasteiger partial charge < -0.3 is 14.9 Å². The second kappa shape index (κ2) is 36.5. The average Bonchev–Trinajstić information content (AvgIpc) is 2.98. The fourth-order valence-electron chi connectivity index (χ4n) is 6.23. The van der Waals surface area contributed by atoms with Crippen molar-refractivity contribution in [2.45, 2.75) is 225 Å². The molecule has 0 aliphatic carbocycles. The van der Waals surface area contributed by atoms with E-state index in [9.17, 15) is 4.57 Å². The van der Waals surface area contributed by atoms with Crippen LogP contribution in [0.3, 0.4) is 0 Å². The fraction of sp³-hybridized carbons (Fsp3) is 1.00. The molecule has 0 saturated heterocycles. The van der Waals surface area contributed by atoms with Crippen molar-refractivity contribution in [1.29, 1.82) is 0 Å². The summed E-state index contributed by atoms with van der Waals surface area (Å²) >= 11 is 0. The normalized spacial score (nSPS) is 12.0. The first kappa shape index (κ1) is 43.1. The van der Waals surface area contributed by atoms with Gasteiger partial charge in [-0.2, -0.15) is 0 Å². The molecule has 0 aliphatic heterocycles. The number of phosphoric ester groups is 1. The second-order valence-electron chi connectivity index (χ2n) is 13.4. The predicted octanol–water partition coefficient (Wildman–Crippen LogP) is 12.7. The lowest BCUT2D eigenvalue weighted by Crippen LogP contribution is -1.92. The Morgan fingerprint density at radius 1 is 0.302 bits per heavy atom. The molecule has 0 heterocycles. The van der Waals surface area contributed by atoms with Gasteiger partial charge in [0, 0.05) is 6.61 Å². The largest absolute Gasteiger partial charge is 0.469 e. The first-order chi connectivity index (χ1) is 21.1. The van der Waals surface area contributed by atoms with Gasteiger partial charge in [0.25, 0.3) is 0 Å². The third-order valence-corrected chi connectivity index (χ3v) is 9.58. The van der Waals surface area contributed by atoms with Crippen molar-refractivity contribution in [1.82, 2.24) is 0 Å². The highest BCUT2D eigenvalue weighted by atomic mass is 31.2. The molecule has 3 N–H and O–H groups in total. The van der Waals surface area contributed by atoms with E-state index in [0.717, 1.165) is 25.7 Å². The van der Waals surface area contributed by atoms with Gasteiger partial charge in [-0.25, -0.2) is 4.57 Å². The molecule has 0 radical (unpaired) electrons. The Labute approximate surface area is 269 Å². The molecule has 0 aliphatic rings. The van der Waals surface area contributed by atoms with Crippen LogP contribution in [0.15, 0.2) is 0 Å². The predicted molar refractivity (Wildman–Crippen MR) is 187 cm³/mol. The summed E-state index contributed by atoms with van der Waals surface area (Å²) in [5.74, 6) is 0. The van der Waals surface area contributed by atoms with Crippen LogP contribution < -0.4 is 0 Å². The summed E-state index contributed by atoms with van der Waals surface area (Å²) in [5, 5.41) is 8.79. The summed E-state index contributed by atoms with van der Waals surface area (Å²) in [4.78, 5) is 17.3. The van der Waals surface area contributed by atoms with E-state index in [1.165, 1.54) is 199 Å². The Kier molecular flexibility index (Phi) is 36.6. The van der Waals surface area contributed by atoms with Gasteiger partial charge in [-0.3, -0.25) is 4.52 Å². The van der Waals surface area contributed by atoms with E-state index in [-0.39, 0.29) is 6.61 Å². The minimum Gasteiger partial charge on any atom is -0.396 e. The summed E-state index contributed by atoms with van der Waals surface area (Å²) in [6, 6.07) is 0. The molecular formula is C37H77O5P. The minimum absolute atomic E-state index is 0.168. The zero-order valence-electron chi connectivity index (χ0n) is 28.8. The van der Waals surface area contributed by atoms with E-state index in [1.807, 2.05) is 0 Å². The van der Waals surface area contributed by atoms with E-state index in [1.54, 1.807) is 0 Å². The van der Waals surface area contributed by atoms with Crippen molar-refractivity contribution in [2.75, 3.05) is 13.2 Å². The highest BCUT2D eigenvalue weighted by Gasteiger charge is 2.12. The van der Waals surface area contributed by atoms with E-state index in [0.29, 0.717) is 6.61 Å². The smallest absolute Gasteiger partial charge is 0.396 e. The summed E-state index contributed by atoms with van der Waals surface area (Å²) in [5.41, 5.74) is 0. The van der Waals surface area contributed by atoms with E-state index in [4.69, 9.17) is 14.9 Å². The quantitative estimate of drug-likeness (QED) is 0.0465. The van der Waals surface area contributed by atoms with Gasteiger partial charge in [-0.15, -0.1) is 0 Å². The van der Waals surface area contributed by atoms with Crippen LogP contribution in [0.1, 0.15) is 225 Å². The van der Waals surface area contributed by atoms with Gasteiger partial charge >= 0.3 is 7.82 Å². The highest BCUT2D eigenvalue weighted by molar-refractivity contribution is 7.46. The molecular weight excluding hydrogens is 555 g/mol.